The number of nitro benzene ring substituents is 1. The van der Waals surface area contributed by atoms with Gasteiger partial charge in [-0.05, 0) is 41.6 Å². The molecule has 3 rings (SSSR count). The van der Waals surface area contributed by atoms with Crippen LogP contribution in [-0.2, 0) is 16.1 Å². The summed E-state index contributed by atoms with van der Waals surface area (Å²) in [4.78, 5) is 47.2. The van der Waals surface area contributed by atoms with Crippen LogP contribution in [0.25, 0.3) is 6.08 Å². The number of ether oxygens (including phenoxy) is 1. The van der Waals surface area contributed by atoms with E-state index in [1.807, 2.05) is 0 Å². The number of rotatable bonds is 5. The number of nitro groups is 1. The van der Waals surface area contributed by atoms with Crippen molar-refractivity contribution in [1.29, 1.82) is 0 Å². The molecule has 0 bridgehead atoms. The molecule has 0 radical (unpaired) electrons. The molecule has 10 nitrogen and oxygen atoms in total. The van der Waals surface area contributed by atoms with Crippen molar-refractivity contribution in [2.24, 2.45) is 0 Å². The number of phenolic OH excluding ortho intramolecular Hbond substituents is 1. The molecule has 0 unspecified atom stereocenters. The molecule has 1 saturated heterocycles. The lowest BCUT2D eigenvalue weighted by Crippen LogP contribution is -2.27. The highest BCUT2D eigenvalue weighted by atomic mass is 32.2. The maximum Gasteiger partial charge on any atom is 0.373 e. The molecular weight excluding hydrogens is 392 g/mol. The fourth-order valence-electron chi connectivity index (χ4n) is 2.39. The Hall–Kier alpha value is -3.60. The first-order valence-electron chi connectivity index (χ1n) is 7.70. The van der Waals surface area contributed by atoms with Crippen LogP contribution in [0.1, 0.15) is 21.9 Å². The number of imide groups is 1. The zero-order valence-corrected chi connectivity index (χ0v) is 15.1. The number of nitrogens with zero attached hydrogens (tertiary/aromatic N) is 2. The van der Waals surface area contributed by atoms with E-state index in [0.717, 1.165) is 17.0 Å². The zero-order chi connectivity index (χ0) is 20.4. The second-order valence-electron chi connectivity index (χ2n) is 5.53. The average molecular weight is 404 g/mol. The van der Waals surface area contributed by atoms with Crippen molar-refractivity contribution in [2.75, 3.05) is 7.11 Å². The first-order valence-corrected chi connectivity index (χ1v) is 8.51. The standard InChI is InChI=1S/C17H12N2O8S/c1-26-16(22)13-5-3-10(27-13)8-18-15(21)14(28-17(18)23)7-9-2-4-12(20)11(6-9)19(24)25/h2-7,20H,8H2,1H3/b14-7+. The number of carbonyl (C=O) groups excluding carboxylic acids is 3. The van der Waals surface area contributed by atoms with Gasteiger partial charge in [-0.25, -0.2) is 4.79 Å². The predicted molar refractivity (Wildman–Crippen MR) is 96.3 cm³/mol. The topological polar surface area (TPSA) is 140 Å². The van der Waals surface area contributed by atoms with Crippen molar-refractivity contribution >= 4 is 40.6 Å². The molecule has 11 heteroatoms. The van der Waals surface area contributed by atoms with Crippen LogP contribution < -0.4 is 0 Å². The highest BCUT2D eigenvalue weighted by molar-refractivity contribution is 8.18. The van der Waals surface area contributed by atoms with E-state index >= 15 is 0 Å². The van der Waals surface area contributed by atoms with Gasteiger partial charge in [0, 0.05) is 6.07 Å². The van der Waals surface area contributed by atoms with Crippen molar-refractivity contribution in [1.82, 2.24) is 4.90 Å². The summed E-state index contributed by atoms with van der Waals surface area (Å²) in [6.07, 6.45) is 1.32. The first kappa shape index (κ1) is 19.2. The van der Waals surface area contributed by atoms with Crippen LogP contribution >= 0.6 is 11.8 Å². The molecule has 0 aliphatic carbocycles. The summed E-state index contributed by atoms with van der Waals surface area (Å²) < 4.78 is 9.77. The summed E-state index contributed by atoms with van der Waals surface area (Å²) in [5.74, 6) is -1.65. The van der Waals surface area contributed by atoms with Crippen LogP contribution in [0.2, 0.25) is 0 Å². The highest BCUT2D eigenvalue weighted by Crippen LogP contribution is 2.35. The van der Waals surface area contributed by atoms with Crippen molar-refractivity contribution in [2.45, 2.75) is 6.54 Å². The number of carbonyl (C=O) groups is 3. The van der Waals surface area contributed by atoms with Crippen molar-refractivity contribution in [3.8, 4) is 5.75 Å². The van der Waals surface area contributed by atoms with Crippen molar-refractivity contribution in [3.63, 3.8) is 0 Å². The maximum atomic E-state index is 12.5. The molecule has 2 amide bonds. The van der Waals surface area contributed by atoms with Crippen LogP contribution in [0.4, 0.5) is 10.5 Å². The Morgan fingerprint density at radius 3 is 2.79 bits per heavy atom. The van der Waals surface area contributed by atoms with E-state index in [4.69, 9.17) is 4.42 Å². The Kier molecular flexibility index (Phi) is 5.18. The van der Waals surface area contributed by atoms with Gasteiger partial charge >= 0.3 is 11.7 Å². The molecule has 2 heterocycles. The fourth-order valence-corrected chi connectivity index (χ4v) is 3.23. The van der Waals surface area contributed by atoms with E-state index in [1.165, 1.54) is 31.4 Å². The van der Waals surface area contributed by atoms with E-state index in [-0.39, 0.29) is 28.5 Å². The fraction of sp³-hybridized carbons (Fsp3) is 0.118. The van der Waals surface area contributed by atoms with Gasteiger partial charge in [0.15, 0.2) is 5.75 Å². The number of aromatic hydroxyl groups is 1. The van der Waals surface area contributed by atoms with E-state index in [9.17, 15) is 29.6 Å². The minimum atomic E-state index is -0.756. The number of thioether (sulfide) groups is 1. The zero-order valence-electron chi connectivity index (χ0n) is 14.3. The molecule has 144 valence electrons. The lowest BCUT2D eigenvalue weighted by atomic mass is 10.1. The molecule has 1 aliphatic rings. The normalized spacial score (nSPS) is 15.3. The van der Waals surface area contributed by atoms with Crippen molar-refractivity contribution in [3.05, 3.63) is 62.4 Å². The van der Waals surface area contributed by atoms with E-state index in [2.05, 4.69) is 4.74 Å². The minimum absolute atomic E-state index is 0.0589. The summed E-state index contributed by atoms with van der Waals surface area (Å²) in [6, 6.07) is 6.42. The monoisotopic (exact) mass is 404 g/mol. The summed E-state index contributed by atoms with van der Waals surface area (Å²) in [5.41, 5.74) is -0.236. The number of amides is 2. The predicted octanol–water partition coefficient (Wildman–Crippen LogP) is 2.92. The van der Waals surface area contributed by atoms with Crippen LogP contribution in [-0.4, -0.2) is 39.2 Å². The number of hydrogen-bond acceptors (Lipinski definition) is 9. The molecule has 1 aromatic carbocycles. The molecule has 2 aromatic rings. The molecule has 0 saturated carbocycles. The Labute approximate surface area is 161 Å². The molecule has 1 fully saturated rings. The van der Waals surface area contributed by atoms with Crippen LogP contribution in [0, 0.1) is 10.1 Å². The summed E-state index contributed by atoms with van der Waals surface area (Å²) in [5, 5.41) is 19.8. The third kappa shape index (κ3) is 3.74. The van der Waals surface area contributed by atoms with Gasteiger partial charge in [0.05, 0.1) is 23.5 Å². The van der Waals surface area contributed by atoms with Crippen molar-refractivity contribution < 1.29 is 33.6 Å². The SMILES string of the molecule is COC(=O)c1ccc(CN2C(=O)S/C(=C/c3ccc(O)c([N+](=O)[O-])c3)C2=O)o1. The van der Waals surface area contributed by atoms with Gasteiger partial charge in [-0.2, -0.15) is 0 Å². The minimum Gasteiger partial charge on any atom is -0.502 e. The maximum absolute atomic E-state index is 12.5. The third-order valence-corrected chi connectivity index (χ3v) is 4.64. The molecule has 0 spiro atoms. The van der Waals surface area contributed by atoms with Gasteiger partial charge < -0.3 is 14.3 Å². The lowest BCUT2D eigenvalue weighted by Gasteiger charge is -2.09. The number of benzene rings is 1. The Balaban J connectivity index is 1.81. The number of esters is 1. The van der Waals surface area contributed by atoms with Crippen LogP contribution in [0.5, 0.6) is 5.75 Å². The van der Waals surface area contributed by atoms with Gasteiger partial charge in [0.2, 0.25) is 5.76 Å². The van der Waals surface area contributed by atoms with E-state index in [1.54, 1.807) is 0 Å². The van der Waals surface area contributed by atoms with Gasteiger partial charge in [-0.15, -0.1) is 0 Å². The molecule has 1 aromatic heterocycles. The highest BCUT2D eigenvalue weighted by Gasteiger charge is 2.36. The summed E-state index contributed by atoms with van der Waals surface area (Å²) in [7, 11) is 1.19. The number of hydrogen-bond donors (Lipinski definition) is 1. The van der Waals surface area contributed by atoms with Gasteiger partial charge in [0.1, 0.15) is 5.76 Å². The Morgan fingerprint density at radius 1 is 1.36 bits per heavy atom. The van der Waals surface area contributed by atoms with Gasteiger partial charge in [-0.1, -0.05) is 6.07 Å². The molecule has 1 aliphatic heterocycles. The molecular formula is C17H12N2O8S. The van der Waals surface area contributed by atoms with E-state index < -0.39 is 33.5 Å². The quantitative estimate of drug-likeness (QED) is 0.344. The number of furan rings is 1. The summed E-state index contributed by atoms with van der Waals surface area (Å²) in [6.45, 7) is -0.186. The molecule has 1 N–H and O–H groups in total. The lowest BCUT2D eigenvalue weighted by molar-refractivity contribution is -0.385. The summed E-state index contributed by atoms with van der Waals surface area (Å²) >= 11 is 0.665. The Bertz CT molecular complexity index is 1030. The van der Waals surface area contributed by atoms with E-state index in [0.29, 0.717) is 11.8 Å². The second-order valence-corrected chi connectivity index (χ2v) is 6.52. The van der Waals surface area contributed by atoms with Crippen LogP contribution in [0.3, 0.4) is 0 Å². The molecule has 28 heavy (non-hydrogen) atoms. The third-order valence-electron chi connectivity index (χ3n) is 3.73. The largest absolute Gasteiger partial charge is 0.502 e. The first-order chi connectivity index (χ1) is 13.3. The Morgan fingerprint density at radius 2 is 2.11 bits per heavy atom. The van der Waals surface area contributed by atoms with Crippen LogP contribution in [0.15, 0.2) is 39.7 Å². The molecule has 0 atom stereocenters. The van der Waals surface area contributed by atoms with Gasteiger partial charge in [-0.3, -0.25) is 24.6 Å². The number of phenols is 1. The number of methoxy groups -OCH3 is 1. The smallest absolute Gasteiger partial charge is 0.373 e. The van der Waals surface area contributed by atoms with Gasteiger partial charge in [0.25, 0.3) is 11.1 Å². The average Bonchev–Trinajstić information content (AvgIpc) is 3.23. The second kappa shape index (κ2) is 7.56.